The van der Waals surface area contributed by atoms with E-state index in [-0.39, 0.29) is 22.7 Å². The Balaban J connectivity index is 2.04. The second-order valence-electron chi connectivity index (χ2n) is 4.86. The summed E-state index contributed by atoms with van der Waals surface area (Å²) in [6.07, 6.45) is -3.51. The van der Waals surface area contributed by atoms with Crippen LogP contribution in [0.2, 0.25) is 0 Å². The minimum absolute atomic E-state index is 0.101. The minimum atomic E-state index is -4.81. The van der Waals surface area contributed by atoms with Gasteiger partial charge in [0.1, 0.15) is 17.6 Å². The summed E-state index contributed by atoms with van der Waals surface area (Å²) in [5, 5.41) is 9.35. The highest BCUT2D eigenvalue weighted by atomic mass is 19.4. The van der Waals surface area contributed by atoms with Gasteiger partial charge in [-0.05, 0) is 24.3 Å². The molecule has 3 rings (SSSR count). The monoisotopic (exact) mass is 329 g/mol. The van der Waals surface area contributed by atoms with E-state index in [1.165, 1.54) is 24.3 Å². The number of nitriles is 1. The number of rotatable bonds is 3. The maximum atomic E-state index is 12.5. The molecule has 0 radical (unpaired) electrons. The fourth-order valence-corrected chi connectivity index (χ4v) is 2.21. The van der Waals surface area contributed by atoms with E-state index in [4.69, 9.17) is 0 Å². The van der Waals surface area contributed by atoms with E-state index < -0.39 is 6.36 Å². The van der Waals surface area contributed by atoms with E-state index in [1.54, 1.807) is 24.3 Å². The van der Waals surface area contributed by atoms with Crippen molar-refractivity contribution in [3.8, 4) is 11.8 Å². The Labute approximate surface area is 134 Å². The van der Waals surface area contributed by atoms with Crippen LogP contribution < -0.4 is 4.74 Å². The number of benzene rings is 2. The summed E-state index contributed by atoms with van der Waals surface area (Å²) in [5.41, 5.74) is 1.62. The van der Waals surface area contributed by atoms with Gasteiger partial charge in [0.05, 0.1) is 16.6 Å². The van der Waals surface area contributed by atoms with Gasteiger partial charge < -0.3 is 9.72 Å². The van der Waals surface area contributed by atoms with E-state index in [9.17, 15) is 18.4 Å². The maximum Gasteiger partial charge on any atom is 0.573 e. The predicted octanol–water partition coefficient (Wildman–Crippen LogP) is 4.53. The number of para-hydroxylation sites is 3. The Morgan fingerprint density at radius 3 is 2.54 bits per heavy atom. The third-order valence-electron chi connectivity index (χ3n) is 3.21. The van der Waals surface area contributed by atoms with Crippen LogP contribution in [0.3, 0.4) is 0 Å². The Morgan fingerprint density at radius 1 is 1.12 bits per heavy atom. The van der Waals surface area contributed by atoms with Gasteiger partial charge in [-0.15, -0.1) is 13.2 Å². The van der Waals surface area contributed by atoms with Crippen LogP contribution >= 0.6 is 0 Å². The molecule has 0 aliphatic rings. The molecule has 0 atom stereocenters. The summed E-state index contributed by atoms with van der Waals surface area (Å²) < 4.78 is 41.4. The molecule has 0 saturated heterocycles. The average molecular weight is 329 g/mol. The van der Waals surface area contributed by atoms with Gasteiger partial charge in [0.2, 0.25) is 0 Å². The average Bonchev–Trinajstić information content (AvgIpc) is 2.96. The number of hydrogen-bond donors (Lipinski definition) is 1. The molecular formula is C17H10F3N3O. The van der Waals surface area contributed by atoms with E-state index in [0.29, 0.717) is 5.52 Å². The lowest BCUT2D eigenvalue weighted by Gasteiger charge is -2.11. The summed E-state index contributed by atoms with van der Waals surface area (Å²) in [4.78, 5) is 7.24. The first-order chi connectivity index (χ1) is 11.5. The molecule has 0 amide bonds. The molecule has 0 saturated carbocycles. The van der Waals surface area contributed by atoms with Crippen molar-refractivity contribution in [1.29, 1.82) is 5.26 Å². The second-order valence-corrected chi connectivity index (χ2v) is 4.86. The van der Waals surface area contributed by atoms with Crippen LogP contribution in [-0.2, 0) is 0 Å². The van der Waals surface area contributed by atoms with E-state index in [0.717, 1.165) is 5.52 Å². The van der Waals surface area contributed by atoms with E-state index in [2.05, 4.69) is 14.7 Å². The summed E-state index contributed by atoms with van der Waals surface area (Å²) in [6.45, 7) is 0. The minimum Gasteiger partial charge on any atom is -0.405 e. The van der Waals surface area contributed by atoms with Crippen molar-refractivity contribution in [2.45, 2.75) is 6.36 Å². The van der Waals surface area contributed by atoms with Gasteiger partial charge >= 0.3 is 6.36 Å². The molecule has 1 N–H and O–H groups in total. The maximum absolute atomic E-state index is 12.5. The number of hydrogen-bond acceptors (Lipinski definition) is 3. The number of H-pyrrole nitrogens is 1. The van der Waals surface area contributed by atoms with Gasteiger partial charge in [-0.1, -0.05) is 30.3 Å². The van der Waals surface area contributed by atoms with Gasteiger partial charge in [-0.3, -0.25) is 0 Å². The Bertz CT molecular complexity index is 918. The van der Waals surface area contributed by atoms with Gasteiger partial charge in [-0.25, -0.2) is 4.98 Å². The third kappa shape index (κ3) is 3.38. The Hall–Kier alpha value is -3.27. The smallest absolute Gasteiger partial charge is 0.405 e. The van der Waals surface area contributed by atoms with Crippen LogP contribution in [0, 0.1) is 11.3 Å². The molecule has 0 fully saturated rings. The molecule has 2 aromatic carbocycles. The van der Waals surface area contributed by atoms with Gasteiger partial charge in [-0.2, -0.15) is 5.26 Å². The summed E-state index contributed by atoms with van der Waals surface area (Å²) >= 11 is 0. The number of nitrogens with zero attached hydrogens (tertiary/aromatic N) is 2. The Morgan fingerprint density at radius 2 is 1.83 bits per heavy atom. The van der Waals surface area contributed by atoms with Crippen molar-refractivity contribution in [1.82, 2.24) is 9.97 Å². The lowest BCUT2D eigenvalue weighted by Crippen LogP contribution is -2.17. The zero-order valence-electron chi connectivity index (χ0n) is 12.1. The topological polar surface area (TPSA) is 61.7 Å². The van der Waals surface area contributed by atoms with Crippen molar-refractivity contribution in [3.63, 3.8) is 0 Å². The van der Waals surface area contributed by atoms with Crippen LogP contribution in [0.25, 0.3) is 22.7 Å². The molecule has 0 spiro atoms. The van der Waals surface area contributed by atoms with Crippen LogP contribution in [0.15, 0.2) is 48.5 Å². The van der Waals surface area contributed by atoms with E-state index in [1.807, 2.05) is 12.1 Å². The molecular weight excluding hydrogens is 319 g/mol. The zero-order chi connectivity index (χ0) is 17.2. The van der Waals surface area contributed by atoms with Gasteiger partial charge in [0.25, 0.3) is 0 Å². The molecule has 3 aromatic rings. The van der Waals surface area contributed by atoms with Crippen LogP contribution in [-0.4, -0.2) is 16.3 Å². The number of allylic oxidation sites excluding steroid dienone is 1. The standard InChI is InChI=1S/C17H10F3N3O/c18-17(19,20)24-15-8-4-1-5-11(15)9-12(10-21)16-22-13-6-2-3-7-14(13)23-16/h1-9H,(H,22,23)/b12-9+. The van der Waals surface area contributed by atoms with Crippen LogP contribution in [0.5, 0.6) is 5.75 Å². The first-order valence-electron chi connectivity index (χ1n) is 6.88. The van der Waals surface area contributed by atoms with Crippen molar-refractivity contribution in [3.05, 3.63) is 59.9 Å². The lowest BCUT2D eigenvalue weighted by atomic mass is 10.1. The largest absolute Gasteiger partial charge is 0.573 e. The highest BCUT2D eigenvalue weighted by molar-refractivity contribution is 5.91. The van der Waals surface area contributed by atoms with Gasteiger partial charge in [0, 0.05) is 5.56 Å². The summed E-state index contributed by atoms with van der Waals surface area (Å²) in [5.74, 6) is -0.102. The van der Waals surface area contributed by atoms with Gasteiger partial charge in [0.15, 0.2) is 0 Å². The SMILES string of the molecule is N#C/C(=C\c1ccccc1OC(F)(F)F)c1nc2ccccc2[nH]1. The summed E-state index contributed by atoms with van der Waals surface area (Å²) in [7, 11) is 0. The normalized spacial score (nSPS) is 12.2. The summed E-state index contributed by atoms with van der Waals surface area (Å²) in [6, 6.07) is 14.7. The number of aromatic amines is 1. The molecule has 0 aliphatic heterocycles. The first kappa shape index (κ1) is 15.6. The fourth-order valence-electron chi connectivity index (χ4n) is 2.21. The molecule has 0 aliphatic carbocycles. The molecule has 120 valence electrons. The molecule has 7 heteroatoms. The van der Waals surface area contributed by atoms with Crippen molar-refractivity contribution in [2.75, 3.05) is 0 Å². The third-order valence-corrected chi connectivity index (χ3v) is 3.21. The van der Waals surface area contributed by atoms with Crippen LogP contribution in [0.4, 0.5) is 13.2 Å². The molecule has 1 aromatic heterocycles. The van der Waals surface area contributed by atoms with Crippen LogP contribution in [0.1, 0.15) is 11.4 Å². The van der Waals surface area contributed by atoms with Crippen molar-refractivity contribution < 1.29 is 17.9 Å². The number of halogens is 3. The number of aromatic nitrogens is 2. The number of imidazole rings is 1. The molecule has 0 unspecified atom stereocenters. The molecule has 4 nitrogen and oxygen atoms in total. The molecule has 0 bridgehead atoms. The Kier molecular flexibility index (Phi) is 3.96. The van der Waals surface area contributed by atoms with Crippen molar-refractivity contribution in [2.24, 2.45) is 0 Å². The molecule has 1 heterocycles. The molecule has 24 heavy (non-hydrogen) atoms. The highest BCUT2D eigenvalue weighted by Crippen LogP contribution is 2.29. The number of nitrogens with one attached hydrogen (secondary N) is 1. The number of ether oxygens (including phenoxy) is 1. The van der Waals surface area contributed by atoms with Crippen molar-refractivity contribution >= 4 is 22.7 Å². The lowest BCUT2D eigenvalue weighted by molar-refractivity contribution is -0.274. The number of alkyl halides is 3. The van der Waals surface area contributed by atoms with E-state index >= 15 is 0 Å². The highest BCUT2D eigenvalue weighted by Gasteiger charge is 2.31. The quantitative estimate of drug-likeness (QED) is 0.718. The fraction of sp³-hybridized carbons (Fsp3) is 0.0588. The predicted molar refractivity (Wildman–Crippen MR) is 82.7 cm³/mol. The zero-order valence-corrected chi connectivity index (χ0v) is 12.1. The first-order valence-corrected chi connectivity index (χ1v) is 6.88. The second kappa shape index (κ2) is 6.08. The number of fused-ring (bicyclic) bond motifs is 1.